The Kier molecular flexibility index (Phi) is 2.71. The number of allylic oxidation sites excluding steroid dienone is 2. The third-order valence-electron chi connectivity index (χ3n) is 3.02. The molecule has 80 valence electrons. The van der Waals surface area contributed by atoms with E-state index in [1.54, 1.807) is 0 Å². The molecule has 1 aromatic heterocycles. The molecule has 0 amide bonds. The van der Waals surface area contributed by atoms with Crippen molar-refractivity contribution in [2.24, 2.45) is 18.0 Å². The highest BCUT2D eigenvalue weighted by Gasteiger charge is 2.13. The predicted molar refractivity (Wildman–Crippen MR) is 62.9 cm³/mol. The van der Waals surface area contributed by atoms with Gasteiger partial charge in [0.05, 0.1) is 6.20 Å². The number of rotatable bonds is 1. The topological polar surface area (TPSA) is 30.2 Å². The van der Waals surface area contributed by atoms with Crippen LogP contribution in [0.4, 0.5) is 0 Å². The van der Waals surface area contributed by atoms with Gasteiger partial charge in [-0.1, -0.05) is 13.0 Å². The maximum atomic E-state index is 4.54. The third kappa shape index (κ3) is 2.17. The van der Waals surface area contributed by atoms with Crippen molar-refractivity contribution in [2.75, 3.05) is 0 Å². The number of aromatic nitrogens is 2. The number of nitrogens with zero attached hydrogens (tertiary/aromatic N) is 3. The van der Waals surface area contributed by atoms with Crippen molar-refractivity contribution in [1.82, 2.24) is 9.78 Å². The van der Waals surface area contributed by atoms with Crippen LogP contribution in [0.2, 0.25) is 0 Å². The standard InChI is InChI=1S/C12H17N3/c1-9-4-5-11(6-13-10(9)2)12-7-14-15(3)8-12/h5-10H,4H2,1-3H3/t9?,10-/m0/s1. The smallest absolute Gasteiger partial charge is 0.0568 e. The first-order valence-corrected chi connectivity index (χ1v) is 5.39. The molecule has 1 unspecified atom stereocenters. The van der Waals surface area contributed by atoms with Crippen molar-refractivity contribution in [3.05, 3.63) is 24.0 Å². The molecule has 3 heteroatoms. The Morgan fingerprint density at radius 1 is 1.40 bits per heavy atom. The SMILES string of the molecule is CC1CC=C(c2cnn(C)c2)C=N[C@H]1C. The van der Waals surface area contributed by atoms with Gasteiger partial charge >= 0.3 is 0 Å². The summed E-state index contributed by atoms with van der Waals surface area (Å²) in [5, 5.41) is 4.17. The molecule has 0 radical (unpaired) electrons. The van der Waals surface area contributed by atoms with Gasteiger partial charge in [-0.15, -0.1) is 0 Å². The Balaban J connectivity index is 2.26. The van der Waals surface area contributed by atoms with Crippen LogP contribution in [0.15, 0.2) is 23.5 Å². The second kappa shape index (κ2) is 4.01. The van der Waals surface area contributed by atoms with E-state index in [0.29, 0.717) is 12.0 Å². The molecule has 0 fully saturated rings. The van der Waals surface area contributed by atoms with Crippen LogP contribution in [-0.4, -0.2) is 22.0 Å². The molecule has 0 saturated heterocycles. The molecule has 3 nitrogen and oxygen atoms in total. The highest BCUT2D eigenvalue weighted by Crippen LogP contribution is 2.21. The Morgan fingerprint density at radius 2 is 2.20 bits per heavy atom. The van der Waals surface area contributed by atoms with Gasteiger partial charge in [-0.05, 0) is 24.8 Å². The number of hydrogen-bond acceptors (Lipinski definition) is 2. The van der Waals surface area contributed by atoms with Crippen LogP contribution in [0.1, 0.15) is 25.8 Å². The van der Waals surface area contributed by atoms with E-state index in [2.05, 4.69) is 30.0 Å². The zero-order valence-electron chi connectivity index (χ0n) is 9.51. The molecule has 2 rings (SSSR count). The predicted octanol–water partition coefficient (Wildman–Crippen LogP) is 2.30. The highest BCUT2D eigenvalue weighted by atomic mass is 15.2. The number of aliphatic imine (C=N–C) groups is 1. The van der Waals surface area contributed by atoms with Gasteiger partial charge in [0, 0.05) is 31.1 Å². The minimum absolute atomic E-state index is 0.412. The normalized spacial score (nSPS) is 26.2. The third-order valence-corrected chi connectivity index (χ3v) is 3.02. The Hall–Kier alpha value is -1.38. The van der Waals surface area contributed by atoms with E-state index >= 15 is 0 Å². The summed E-state index contributed by atoms with van der Waals surface area (Å²) in [5.41, 5.74) is 2.35. The van der Waals surface area contributed by atoms with E-state index in [0.717, 1.165) is 12.0 Å². The molecular weight excluding hydrogens is 186 g/mol. The van der Waals surface area contributed by atoms with Crippen molar-refractivity contribution in [3.8, 4) is 0 Å². The molecular formula is C12H17N3. The van der Waals surface area contributed by atoms with Crippen LogP contribution in [0.25, 0.3) is 5.57 Å². The van der Waals surface area contributed by atoms with Crippen LogP contribution in [0.3, 0.4) is 0 Å². The lowest BCUT2D eigenvalue weighted by Gasteiger charge is -2.10. The van der Waals surface area contributed by atoms with Crippen molar-refractivity contribution in [2.45, 2.75) is 26.3 Å². The second-order valence-corrected chi connectivity index (χ2v) is 4.29. The fourth-order valence-corrected chi connectivity index (χ4v) is 1.67. The molecule has 0 aromatic carbocycles. The fourth-order valence-electron chi connectivity index (χ4n) is 1.67. The molecule has 0 spiro atoms. The average Bonchev–Trinajstić information content (AvgIpc) is 2.56. The van der Waals surface area contributed by atoms with E-state index in [-0.39, 0.29) is 0 Å². The van der Waals surface area contributed by atoms with E-state index in [9.17, 15) is 0 Å². The molecule has 0 saturated carbocycles. The zero-order valence-corrected chi connectivity index (χ0v) is 9.51. The first kappa shape index (κ1) is 10.1. The molecule has 2 heterocycles. The first-order valence-electron chi connectivity index (χ1n) is 5.39. The van der Waals surface area contributed by atoms with E-state index in [1.807, 2.05) is 30.3 Å². The quantitative estimate of drug-likeness (QED) is 0.688. The van der Waals surface area contributed by atoms with Gasteiger partial charge in [-0.25, -0.2) is 0 Å². The summed E-state index contributed by atoms with van der Waals surface area (Å²) in [6, 6.07) is 0.412. The van der Waals surface area contributed by atoms with Gasteiger partial charge in [0.15, 0.2) is 0 Å². The fraction of sp³-hybridized carbons (Fsp3) is 0.500. The lowest BCUT2D eigenvalue weighted by molar-refractivity contribution is 0.496. The first-order chi connectivity index (χ1) is 7.16. The Labute approximate surface area is 90.5 Å². The second-order valence-electron chi connectivity index (χ2n) is 4.29. The summed E-state index contributed by atoms with van der Waals surface area (Å²) in [4.78, 5) is 4.54. The summed E-state index contributed by atoms with van der Waals surface area (Å²) in [6.07, 6.45) is 9.24. The monoisotopic (exact) mass is 203 g/mol. The lowest BCUT2D eigenvalue weighted by atomic mass is 10.00. The van der Waals surface area contributed by atoms with Gasteiger partial charge in [-0.2, -0.15) is 5.10 Å². The van der Waals surface area contributed by atoms with Crippen LogP contribution in [0, 0.1) is 5.92 Å². The van der Waals surface area contributed by atoms with E-state index in [1.165, 1.54) is 5.57 Å². The summed E-state index contributed by atoms with van der Waals surface area (Å²) in [5.74, 6) is 0.621. The van der Waals surface area contributed by atoms with Crippen molar-refractivity contribution < 1.29 is 0 Å². The Bertz CT molecular complexity index is 401. The van der Waals surface area contributed by atoms with Crippen LogP contribution in [-0.2, 0) is 7.05 Å². The average molecular weight is 203 g/mol. The Morgan fingerprint density at radius 3 is 2.87 bits per heavy atom. The molecule has 0 bridgehead atoms. The van der Waals surface area contributed by atoms with Gasteiger partial charge < -0.3 is 0 Å². The van der Waals surface area contributed by atoms with Gasteiger partial charge in [0.1, 0.15) is 0 Å². The van der Waals surface area contributed by atoms with Crippen LogP contribution < -0.4 is 0 Å². The van der Waals surface area contributed by atoms with Crippen molar-refractivity contribution in [3.63, 3.8) is 0 Å². The van der Waals surface area contributed by atoms with Crippen molar-refractivity contribution in [1.29, 1.82) is 0 Å². The number of hydrogen-bond donors (Lipinski definition) is 0. The van der Waals surface area contributed by atoms with E-state index < -0.39 is 0 Å². The summed E-state index contributed by atoms with van der Waals surface area (Å²) >= 11 is 0. The van der Waals surface area contributed by atoms with Crippen LogP contribution in [0.5, 0.6) is 0 Å². The lowest BCUT2D eigenvalue weighted by Crippen LogP contribution is -2.08. The summed E-state index contributed by atoms with van der Waals surface area (Å²) in [6.45, 7) is 4.41. The molecule has 2 atom stereocenters. The largest absolute Gasteiger partial charge is 0.289 e. The minimum atomic E-state index is 0.412. The molecule has 15 heavy (non-hydrogen) atoms. The zero-order chi connectivity index (χ0) is 10.8. The molecule has 0 aliphatic carbocycles. The highest BCUT2D eigenvalue weighted by molar-refractivity contribution is 6.09. The molecule has 1 aliphatic heterocycles. The van der Waals surface area contributed by atoms with Gasteiger partial charge in [-0.3, -0.25) is 9.67 Å². The maximum absolute atomic E-state index is 4.54. The van der Waals surface area contributed by atoms with Crippen LogP contribution >= 0.6 is 0 Å². The molecule has 0 N–H and O–H groups in total. The molecule has 1 aliphatic rings. The maximum Gasteiger partial charge on any atom is 0.0568 e. The van der Waals surface area contributed by atoms with Gasteiger partial charge in [0.2, 0.25) is 0 Å². The van der Waals surface area contributed by atoms with Gasteiger partial charge in [0.25, 0.3) is 0 Å². The summed E-state index contributed by atoms with van der Waals surface area (Å²) < 4.78 is 1.82. The summed E-state index contributed by atoms with van der Waals surface area (Å²) in [7, 11) is 1.93. The van der Waals surface area contributed by atoms with Crippen molar-refractivity contribution >= 4 is 11.8 Å². The minimum Gasteiger partial charge on any atom is -0.289 e. The molecule has 1 aromatic rings. The van der Waals surface area contributed by atoms with E-state index in [4.69, 9.17) is 0 Å². The number of aryl methyl sites for hydroxylation is 1.